The van der Waals surface area contributed by atoms with Crippen molar-refractivity contribution in [2.45, 2.75) is 19.6 Å². The summed E-state index contributed by atoms with van der Waals surface area (Å²) in [6.45, 7) is 0. The number of carbonyl (C=O) groups is 4. The van der Waals surface area contributed by atoms with Crippen LogP contribution in [0.15, 0.2) is 158 Å². The molecule has 0 bridgehead atoms. The maximum Gasteiger partial charge on any atom is 0.294 e. The molecule has 0 aromatic heterocycles. The molecule has 0 saturated carbocycles. The first-order valence-corrected chi connectivity index (χ1v) is 24.4. The molecular formula is C41H32N6O17S4. The maximum atomic E-state index is 13.5. The van der Waals surface area contributed by atoms with Gasteiger partial charge in [-0.25, -0.2) is 0 Å². The van der Waals surface area contributed by atoms with Gasteiger partial charge in [0.2, 0.25) is 0 Å². The van der Waals surface area contributed by atoms with E-state index >= 15 is 0 Å². The summed E-state index contributed by atoms with van der Waals surface area (Å²) in [5.41, 5.74) is -1.31. The Balaban J connectivity index is 1.34. The number of benzene rings is 6. The lowest BCUT2D eigenvalue weighted by atomic mass is 10.1. The van der Waals surface area contributed by atoms with Gasteiger partial charge in [-0.05, 0) is 133 Å². The fourth-order valence-corrected chi connectivity index (χ4v) is 7.75. The molecule has 0 unspecified atom stereocenters. The fraction of sp³-hybridized carbons (Fsp3) is 0. The standard InChI is InChI=1S/C41H32N6O17S4/c48-37(42-27-1-9-33(10-2-27)65(53,54)55)23-17-24(38(49)43-28-3-11-34(12-4-28)66(56,57)58)20-31(19-23)46-41(52)47-32-21-25(39(50)44-29-5-13-35(14-6-29)67(59,60)61)18-26(22-32)40(51)45-30-7-15-36(16-8-30)68(62,63)64/h1-22H,(H,42,48)(H,43,49)(H,44,50)(H,45,51)(H2,46,47,52)(H,53,54,55)(H,56,57,58)(H,59,60,61)(H,62,63,64). The Bertz CT molecular complexity index is 3260. The Hall–Kier alpha value is -7.89. The van der Waals surface area contributed by atoms with Crippen LogP contribution in [0.25, 0.3) is 0 Å². The van der Waals surface area contributed by atoms with Gasteiger partial charge in [-0.2, -0.15) is 38.7 Å². The molecule has 23 nitrogen and oxygen atoms in total. The molecule has 4 amide bonds. The lowest BCUT2D eigenvalue weighted by molar-refractivity contribution is 0.101. The number of aliphatic imine (C=N–C) groups is 1. The number of anilines is 5. The molecule has 27 heteroatoms. The number of rotatable bonds is 14. The number of carbonyl (C=O) groups excluding carboxylic acids is 4. The van der Waals surface area contributed by atoms with Crippen molar-refractivity contribution in [1.82, 2.24) is 0 Å². The van der Waals surface area contributed by atoms with Crippen molar-refractivity contribution >= 4 is 104 Å². The Morgan fingerprint density at radius 3 is 0.809 bits per heavy atom. The third kappa shape index (κ3) is 13.1. The van der Waals surface area contributed by atoms with Gasteiger partial charge in [0.1, 0.15) is 0 Å². The summed E-state index contributed by atoms with van der Waals surface area (Å²) in [5, 5.41) is 23.5. The molecule has 0 radical (unpaired) electrons. The summed E-state index contributed by atoms with van der Waals surface area (Å²) < 4.78 is 129. The van der Waals surface area contributed by atoms with Gasteiger partial charge in [-0.3, -0.25) is 37.4 Å². The summed E-state index contributed by atoms with van der Waals surface area (Å²) in [4.78, 5) is 56.2. The van der Waals surface area contributed by atoms with Crippen molar-refractivity contribution in [1.29, 1.82) is 0 Å². The first-order chi connectivity index (χ1) is 31.7. The summed E-state index contributed by atoms with van der Waals surface area (Å²) in [7, 11) is -18.3. The smallest absolute Gasteiger partial charge is 0.294 e. The van der Waals surface area contributed by atoms with E-state index in [9.17, 15) is 76.2 Å². The maximum absolute atomic E-state index is 13.5. The molecule has 6 aromatic rings. The highest BCUT2D eigenvalue weighted by molar-refractivity contribution is 7.86. The van der Waals surface area contributed by atoms with Crippen LogP contribution in [0.3, 0.4) is 0 Å². The molecule has 0 aliphatic carbocycles. The second kappa shape index (κ2) is 19.5. The number of hydrogen-bond acceptors (Lipinski definition) is 13. The molecule has 0 spiro atoms. The monoisotopic (exact) mass is 1010 g/mol. The molecule has 352 valence electrons. The topological polar surface area (TPSA) is 378 Å². The number of nitrogens with zero attached hydrogens (tertiary/aromatic N) is 1. The van der Waals surface area contributed by atoms with E-state index in [0.717, 1.165) is 133 Å². The Morgan fingerprint density at radius 2 is 0.574 bits per heavy atom. The van der Waals surface area contributed by atoms with E-state index in [1.807, 2.05) is 0 Å². The predicted molar refractivity (Wildman–Crippen MR) is 243 cm³/mol. The van der Waals surface area contributed by atoms with E-state index in [2.05, 4.69) is 31.6 Å². The molecule has 0 saturated heterocycles. The first-order valence-electron chi connectivity index (χ1n) is 18.6. The van der Waals surface area contributed by atoms with Crippen LogP contribution in [-0.4, -0.2) is 86.6 Å². The summed E-state index contributed by atoms with van der Waals surface area (Å²) >= 11 is 0. The zero-order valence-corrected chi connectivity index (χ0v) is 37.2. The minimum Gasteiger partial charge on any atom is -0.480 e. The highest BCUT2D eigenvalue weighted by atomic mass is 32.2. The molecule has 0 atom stereocenters. The average Bonchev–Trinajstić information content (AvgIpc) is 3.25. The SMILES string of the molecule is O=C(Nc1ccc(S(=O)(=O)O)cc1)c1cc(N=C(O)Nc2cc(C(=O)Nc3ccc(S(=O)(=O)O)cc3)cc(C(=O)Nc3ccc(S(=O)(=O)O)cc3)c2)cc(C(=O)Nc2ccc(S(=O)(=O)O)cc2)c1. The van der Waals surface area contributed by atoms with Gasteiger partial charge in [-0.1, -0.05) is 0 Å². The molecule has 0 aliphatic rings. The van der Waals surface area contributed by atoms with Crippen molar-refractivity contribution < 1.29 is 76.2 Å². The number of aliphatic hydroxyl groups is 1. The van der Waals surface area contributed by atoms with Crippen LogP contribution in [0.5, 0.6) is 0 Å². The van der Waals surface area contributed by atoms with Crippen LogP contribution >= 0.6 is 0 Å². The quantitative estimate of drug-likeness (QED) is 0.0374. The predicted octanol–water partition coefficient (Wildman–Crippen LogP) is 5.34. The van der Waals surface area contributed by atoms with Gasteiger partial charge in [0, 0.05) is 50.7 Å². The lowest BCUT2D eigenvalue weighted by Gasteiger charge is -2.13. The van der Waals surface area contributed by atoms with E-state index in [4.69, 9.17) is 0 Å². The minimum absolute atomic E-state index is 0.0414. The van der Waals surface area contributed by atoms with E-state index in [1.54, 1.807) is 0 Å². The van der Waals surface area contributed by atoms with Crippen LogP contribution in [0, 0.1) is 0 Å². The minimum atomic E-state index is -4.57. The van der Waals surface area contributed by atoms with E-state index in [-0.39, 0.29) is 56.4 Å². The van der Waals surface area contributed by atoms with Crippen LogP contribution in [0.4, 0.5) is 34.1 Å². The number of hydrogen-bond donors (Lipinski definition) is 10. The van der Waals surface area contributed by atoms with Crippen LogP contribution < -0.4 is 26.6 Å². The van der Waals surface area contributed by atoms with E-state index in [0.29, 0.717) is 0 Å². The van der Waals surface area contributed by atoms with Gasteiger partial charge in [0.25, 0.3) is 70.1 Å². The molecule has 0 aliphatic heterocycles. The molecule has 10 N–H and O–H groups in total. The average molecular weight is 1010 g/mol. The fourth-order valence-electron chi connectivity index (χ4n) is 5.83. The summed E-state index contributed by atoms with van der Waals surface area (Å²) in [5.74, 6) is -3.55. The number of aliphatic hydroxyl groups excluding tert-OH is 1. The molecule has 6 rings (SSSR count). The summed E-state index contributed by atoms with van der Waals surface area (Å²) in [6, 6.07) is 23.1. The highest BCUT2D eigenvalue weighted by Gasteiger charge is 2.19. The number of amides is 4. The molecule has 68 heavy (non-hydrogen) atoms. The van der Waals surface area contributed by atoms with Crippen LogP contribution in [-0.2, 0) is 40.5 Å². The van der Waals surface area contributed by atoms with E-state index < -0.39 is 89.7 Å². The van der Waals surface area contributed by atoms with Gasteiger partial charge in [-0.15, -0.1) is 0 Å². The molecule has 6 aromatic carbocycles. The molecular weight excluding hydrogens is 977 g/mol. The van der Waals surface area contributed by atoms with Crippen molar-refractivity contribution in [3.63, 3.8) is 0 Å². The Morgan fingerprint density at radius 1 is 0.338 bits per heavy atom. The van der Waals surface area contributed by atoms with Crippen LogP contribution in [0.2, 0.25) is 0 Å². The first kappa shape index (κ1) is 49.5. The molecule has 0 fully saturated rings. The second-order valence-electron chi connectivity index (χ2n) is 13.9. The second-order valence-corrected chi connectivity index (χ2v) is 19.6. The van der Waals surface area contributed by atoms with Crippen molar-refractivity contribution in [2.24, 2.45) is 4.99 Å². The normalized spacial score (nSPS) is 12.1. The third-order valence-electron chi connectivity index (χ3n) is 9.03. The summed E-state index contributed by atoms with van der Waals surface area (Å²) in [6.07, 6.45) is 0. The zero-order valence-electron chi connectivity index (χ0n) is 33.9. The van der Waals surface area contributed by atoms with Gasteiger partial charge in [0.15, 0.2) is 0 Å². The zero-order chi connectivity index (χ0) is 49.8. The van der Waals surface area contributed by atoms with E-state index in [1.165, 1.54) is 0 Å². The van der Waals surface area contributed by atoms with Gasteiger partial charge < -0.3 is 31.7 Å². The number of amidine groups is 1. The largest absolute Gasteiger partial charge is 0.480 e. The highest BCUT2D eigenvalue weighted by Crippen LogP contribution is 2.25. The third-order valence-corrected chi connectivity index (χ3v) is 12.5. The van der Waals surface area contributed by atoms with Crippen LogP contribution in [0.1, 0.15) is 41.4 Å². The molecule has 0 heterocycles. The van der Waals surface area contributed by atoms with Crippen molar-refractivity contribution in [3.8, 4) is 0 Å². The van der Waals surface area contributed by atoms with Crippen molar-refractivity contribution in [3.05, 3.63) is 156 Å². The lowest BCUT2D eigenvalue weighted by Crippen LogP contribution is -2.18. The Labute approximate surface area is 385 Å². The Kier molecular flexibility index (Phi) is 14.2. The van der Waals surface area contributed by atoms with Gasteiger partial charge >= 0.3 is 0 Å². The number of nitrogens with one attached hydrogen (secondary N) is 5. The van der Waals surface area contributed by atoms with Crippen molar-refractivity contribution in [2.75, 3.05) is 26.6 Å². The van der Waals surface area contributed by atoms with Gasteiger partial charge in [0.05, 0.1) is 25.3 Å².